The molecular formula is C13H19N3O3. The van der Waals surface area contributed by atoms with Gasteiger partial charge in [0.15, 0.2) is 0 Å². The lowest BCUT2D eigenvalue weighted by Crippen LogP contribution is -2.55. The Balaban J connectivity index is 2.81. The van der Waals surface area contributed by atoms with Crippen LogP contribution in [0.3, 0.4) is 0 Å². The second-order valence-electron chi connectivity index (χ2n) is 4.59. The number of carbonyl (C=O) groups excluding carboxylic acids is 1. The van der Waals surface area contributed by atoms with Crippen LogP contribution in [0, 0.1) is 0 Å². The van der Waals surface area contributed by atoms with Gasteiger partial charge in [-0.25, -0.2) is 9.59 Å². The molecule has 6 heteroatoms. The van der Waals surface area contributed by atoms with E-state index in [4.69, 9.17) is 0 Å². The second kappa shape index (κ2) is 6.17. The van der Waals surface area contributed by atoms with E-state index < -0.39 is 17.5 Å². The van der Waals surface area contributed by atoms with Crippen molar-refractivity contribution in [1.82, 2.24) is 10.3 Å². The number of nitrogens with one attached hydrogen (secondary N) is 1. The highest BCUT2D eigenvalue weighted by Gasteiger charge is 2.34. The molecule has 0 radical (unpaired) electrons. The summed E-state index contributed by atoms with van der Waals surface area (Å²) in [7, 11) is 1.57. The highest BCUT2D eigenvalue weighted by atomic mass is 16.4. The summed E-state index contributed by atoms with van der Waals surface area (Å²) in [4.78, 5) is 28.6. The molecule has 1 unspecified atom stereocenters. The van der Waals surface area contributed by atoms with Crippen molar-refractivity contribution in [2.75, 3.05) is 11.9 Å². The van der Waals surface area contributed by atoms with Gasteiger partial charge in [-0.3, -0.25) is 9.88 Å². The maximum absolute atomic E-state index is 12.1. The summed E-state index contributed by atoms with van der Waals surface area (Å²) >= 11 is 0. The molecule has 1 aromatic rings. The summed E-state index contributed by atoms with van der Waals surface area (Å²) in [5.41, 5.74) is -0.660. The summed E-state index contributed by atoms with van der Waals surface area (Å²) in [6.07, 6.45) is 4.18. The number of aromatic nitrogens is 1. The first-order valence-corrected chi connectivity index (χ1v) is 6.10. The van der Waals surface area contributed by atoms with Gasteiger partial charge in [0.1, 0.15) is 5.54 Å². The third-order valence-corrected chi connectivity index (χ3v) is 2.94. The first-order valence-electron chi connectivity index (χ1n) is 6.10. The predicted octanol–water partition coefficient (Wildman–Crippen LogP) is 1.87. The van der Waals surface area contributed by atoms with Crippen LogP contribution in [0.25, 0.3) is 0 Å². The second-order valence-corrected chi connectivity index (χ2v) is 4.59. The summed E-state index contributed by atoms with van der Waals surface area (Å²) in [6, 6.07) is 2.97. The smallest absolute Gasteiger partial charge is 0.329 e. The molecule has 1 heterocycles. The molecule has 0 aromatic carbocycles. The lowest BCUT2D eigenvalue weighted by Gasteiger charge is -2.28. The van der Waals surface area contributed by atoms with Crippen LogP contribution in [0.15, 0.2) is 24.5 Å². The lowest BCUT2D eigenvalue weighted by molar-refractivity contribution is -0.144. The van der Waals surface area contributed by atoms with Crippen LogP contribution in [0.4, 0.5) is 10.5 Å². The summed E-state index contributed by atoms with van der Waals surface area (Å²) < 4.78 is 0. The van der Waals surface area contributed by atoms with E-state index >= 15 is 0 Å². The van der Waals surface area contributed by atoms with E-state index in [1.807, 2.05) is 6.92 Å². The van der Waals surface area contributed by atoms with Gasteiger partial charge in [-0.1, -0.05) is 13.3 Å². The molecule has 1 rings (SSSR count). The zero-order valence-electron chi connectivity index (χ0n) is 11.4. The summed E-state index contributed by atoms with van der Waals surface area (Å²) in [5.74, 6) is -1.04. The van der Waals surface area contributed by atoms with E-state index in [0.29, 0.717) is 18.5 Å². The average molecular weight is 265 g/mol. The monoisotopic (exact) mass is 265 g/mol. The van der Waals surface area contributed by atoms with E-state index in [9.17, 15) is 14.7 Å². The van der Waals surface area contributed by atoms with Crippen molar-refractivity contribution in [1.29, 1.82) is 0 Å². The first-order chi connectivity index (χ1) is 8.90. The van der Waals surface area contributed by atoms with Gasteiger partial charge in [0.2, 0.25) is 0 Å². The zero-order valence-corrected chi connectivity index (χ0v) is 11.4. The molecular weight excluding hydrogens is 246 g/mol. The highest BCUT2D eigenvalue weighted by Crippen LogP contribution is 2.15. The third kappa shape index (κ3) is 3.67. The minimum absolute atomic E-state index is 0.370. The number of pyridine rings is 1. The Morgan fingerprint density at radius 1 is 1.53 bits per heavy atom. The Morgan fingerprint density at radius 3 is 2.68 bits per heavy atom. The minimum Gasteiger partial charge on any atom is -0.480 e. The molecule has 0 aliphatic rings. The van der Waals surface area contributed by atoms with E-state index in [1.54, 1.807) is 25.4 Å². The highest BCUT2D eigenvalue weighted by molar-refractivity contribution is 5.95. The molecule has 2 amide bonds. The quantitative estimate of drug-likeness (QED) is 0.851. The van der Waals surface area contributed by atoms with Gasteiger partial charge in [-0.05, 0) is 25.5 Å². The largest absolute Gasteiger partial charge is 0.480 e. The lowest BCUT2D eigenvalue weighted by atomic mass is 9.96. The number of carboxylic acid groups (broad SMARTS) is 1. The first kappa shape index (κ1) is 14.9. The number of carboxylic acids is 1. The molecule has 0 saturated carbocycles. The number of hydrogen-bond donors (Lipinski definition) is 2. The van der Waals surface area contributed by atoms with Gasteiger partial charge in [0, 0.05) is 13.2 Å². The minimum atomic E-state index is -1.26. The van der Waals surface area contributed by atoms with Gasteiger partial charge in [0.25, 0.3) is 0 Å². The summed E-state index contributed by atoms with van der Waals surface area (Å²) in [6.45, 7) is 3.38. The number of rotatable bonds is 5. The standard InChI is InChI=1S/C13H19N3O3/c1-4-7-13(2,11(17)18)15-12(19)16(3)10-6-5-8-14-9-10/h5-6,8-9H,4,7H2,1-3H3,(H,15,19)(H,17,18). The van der Waals surface area contributed by atoms with Crippen molar-refractivity contribution in [3.8, 4) is 0 Å². The van der Waals surface area contributed by atoms with E-state index in [1.165, 1.54) is 18.0 Å². The SMILES string of the molecule is CCCC(C)(NC(=O)N(C)c1cccnc1)C(=O)O. The Hall–Kier alpha value is -2.11. The molecule has 0 aliphatic heterocycles. The molecule has 0 saturated heterocycles. The number of carbonyl (C=O) groups is 2. The van der Waals surface area contributed by atoms with Crippen LogP contribution in [0.5, 0.6) is 0 Å². The topological polar surface area (TPSA) is 82.5 Å². The average Bonchev–Trinajstić information content (AvgIpc) is 2.38. The molecule has 0 bridgehead atoms. The molecule has 0 spiro atoms. The number of aliphatic carboxylic acids is 1. The Bertz CT molecular complexity index is 450. The van der Waals surface area contributed by atoms with Crippen molar-refractivity contribution < 1.29 is 14.7 Å². The Kier molecular flexibility index (Phi) is 4.86. The fourth-order valence-corrected chi connectivity index (χ4v) is 1.71. The van der Waals surface area contributed by atoms with E-state index in [-0.39, 0.29) is 0 Å². The molecule has 19 heavy (non-hydrogen) atoms. The van der Waals surface area contributed by atoms with Crippen molar-refractivity contribution in [3.63, 3.8) is 0 Å². The fraction of sp³-hybridized carbons (Fsp3) is 0.462. The van der Waals surface area contributed by atoms with Crippen LogP contribution in [0.2, 0.25) is 0 Å². The molecule has 104 valence electrons. The van der Waals surface area contributed by atoms with Crippen LogP contribution >= 0.6 is 0 Å². The maximum atomic E-state index is 12.1. The number of anilines is 1. The van der Waals surface area contributed by atoms with Crippen LogP contribution in [-0.2, 0) is 4.79 Å². The molecule has 6 nitrogen and oxygen atoms in total. The number of amides is 2. The fourth-order valence-electron chi connectivity index (χ4n) is 1.71. The maximum Gasteiger partial charge on any atom is 0.329 e. The van der Waals surface area contributed by atoms with Crippen LogP contribution in [0.1, 0.15) is 26.7 Å². The Morgan fingerprint density at radius 2 is 2.21 bits per heavy atom. The third-order valence-electron chi connectivity index (χ3n) is 2.94. The van der Waals surface area contributed by atoms with E-state index in [0.717, 1.165) is 0 Å². The van der Waals surface area contributed by atoms with Gasteiger partial charge in [-0.15, -0.1) is 0 Å². The van der Waals surface area contributed by atoms with Crippen molar-refractivity contribution in [3.05, 3.63) is 24.5 Å². The van der Waals surface area contributed by atoms with Crippen LogP contribution < -0.4 is 10.2 Å². The van der Waals surface area contributed by atoms with Gasteiger partial charge < -0.3 is 10.4 Å². The zero-order chi connectivity index (χ0) is 14.5. The molecule has 2 N–H and O–H groups in total. The summed E-state index contributed by atoms with van der Waals surface area (Å²) in [5, 5.41) is 11.8. The number of urea groups is 1. The molecule has 1 atom stereocenters. The van der Waals surface area contributed by atoms with Gasteiger partial charge in [-0.2, -0.15) is 0 Å². The van der Waals surface area contributed by atoms with Gasteiger partial charge >= 0.3 is 12.0 Å². The Labute approximate surface area is 112 Å². The van der Waals surface area contributed by atoms with E-state index in [2.05, 4.69) is 10.3 Å². The van der Waals surface area contributed by atoms with Crippen LogP contribution in [-0.4, -0.2) is 34.7 Å². The predicted molar refractivity (Wildman–Crippen MR) is 72.1 cm³/mol. The molecule has 0 aliphatic carbocycles. The molecule has 1 aromatic heterocycles. The van der Waals surface area contributed by atoms with Crippen molar-refractivity contribution >= 4 is 17.7 Å². The number of hydrogen-bond acceptors (Lipinski definition) is 3. The van der Waals surface area contributed by atoms with Crippen molar-refractivity contribution in [2.45, 2.75) is 32.2 Å². The van der Waals surface area contributed by atoms with Crippen molar-refractivity contribution in [2.24, 2.45) is 0 Å². The normalized spacial score (nSPS) is 13.4. The molecule has 0 fully saturated rings. The number of nitrogens with zero attached hydrogens (tertiary/aromatic N) is 2. The van der Waals surface area contributed by atoms with Gasteiger partial charge in [0.05, 0.1) is 11.9 Å².